The van der Waals surface area contributed by atoms with Crippen LogP contribution in [-0.4, -0.2) is 29.0 Å². The zero-order chi connectivity index (χ0) is 10.0. The molecule has 0 aliphatic carbocycles. The van der Waals surface area contributed by atoms with Gasteiger partial charge in [0, 0.05) is 7.05 Å². The van der Waals surface area contributed by atoms with Crippen LogP contribution in [0.4, 0.5) is 0 Å². The lowest BCUT2D eigenvalue weighted by molar-refractivity contribution is -0.940. The minimum atomic E-state index is -0.263. The first-order valence-electron chi connectivity index (χ1n) is 3.82. The Morgan fingerprint density at radius 2 is 2.54 bits per heavy atom. The molecule has 13 heavy (non-hydrogen) atoms. The van der Waals surface area contributed by atoms with Gasteiger partial charge in [-0.1, -0.05) is 6.58 Å². The Balaban J connectivity index is 2.53. The summed E-state index contributed by atoms with van der Waals surface area (Å²) in [5.41, 5.74) is 2.69. The molecule has 76 valence electrons. The van der Waals surface area contributed by atoms with Gasteiger partial charge in [0.05, 0.1) is 11.9 Å². The summed E-state index contributed by atoms with van der Waals surface area (Å²) in [6.07, 6.45) is 0.362. The molecule has 6 nitrogen and oxygen atoms in total. The Labute approximate surface area is 82.2 Å². The van der Waals surface area contributed by atoms with Crippen molar-refractivity contribution in [3.8, 4) is 0 Å². The van der Waals surface area contributed by atoms with Gasteiger partial charge in [-0.05, 0) is 0 Å². The van der Waals surface area contributed by atoms with Crippen LogP contribution < -0.4 is 16.3 Å². The molecule has 1 heterocycles. The molecule has 0 aromatic heterocycles. The Morgan fingerprint density at radius 1 is 1.92 bits per heavy atom. The molecule has 1 fully saturated rings. The van der Waals surface area contributed by atoms with Crippen LogP contribution in [0.5, 0.6) is 0 Å². The molecule has 1 rings (SSSR count). The normalized spacial score (nSPS) is 34.9. The number of quaternary nitrogens is 1. The molecular formula is C6H14N4O2S. The van der Waals surface area contributed by atoms with E-state index in [-0.39, 0.29) is 17.4 Å². The summed E-state index contributed by atoms with van der Waals surface area (Å²) < 4.78 is 0. The number of nitrogens with one attached hydrogen (secondary N) is 2. The fraction of sp³-hybridized carbons (Fsp3) is 0.667. The highest BCUT2D eigenvalue weighted by atomic mass is 32.1. The van der Waals surface area contributed by atoms with Crippen molar-refractivity contribution in [2.45, 2.75) is 18.1 Å². The van der Waals surface area contributed by atoms with Crippen molar-refractivity contribution in [3.05, 3.63) is 12.3 Å². The third-order valence-corrected chi connectivity index (χ3v) is 2.40. The highest BCUT2D eigenvalue weighted by molar-refractivity contribution is 7.59. The Hall–Kier alpha value is -0.310. The molecular weight excluding hydrogens is 192 g/mol. The summed E-state index contributed by atoms with van der Waals surface area (Å²) in [4.78, 5) is 3.99. The molecule has 5 N–H and O–H groups in total. The lowest BCUT2D eigenvalue weighted by Crippen LogP contribution is -3.23. The SMILES string of the molecule is C=C(CC1N(C)NC([S-])[NH+]1N)OO. The topological polar surface area (TPSA) is 75.2 Å². The van der Waals surface area contributed by atoms with E-state index >= 15 is 0 Å². The maximum atomic E-state index is 8.32. The summed E-state index contributed by atoms with van der Waals surface area (Å²) in [5.74, 6) is 6.02. The molecule has 3 unspecified atom stereocenters. The monoisotopic (exact) mass is 206 g/mol. The van der Waals surface area contributed by atoms with Crippen LogP contribution in [0.1, 0.15) is 6.42 Å². The van der Waals surface area contributed by atoms with Crippen LogP contribution in [0.15, 0.2) is 12.3 Å². The lowest BCUT2D eigenvalue weighted by atomic mass is 10.3. The second-order valence-corrected chi connectivity index (χ2v) is 3.44. The first-order valence-corrected chi connectivity index (χ1v) is 4.29. The van der Waals surface area contributed by atoms with Crippen molar-refractivity contribution in [1.82, 2.24) is 10.4 Å². The summed E-state index contributed by atoms with van der Waals surface area (Å²) in [6, 6.07) is 0. The number of hydrogen-bond donors (Lipinski definition) is 4. The molecule has 0 aromatic carbocycles. The average molecular weight is 206 g/mol. The predicted molar refractivity (Wildman–Crippen MR) is 48.5 cm³/mol. The van der Waals surface area contributed by atoms with E-state index in [2.05, 4.69) is 16.9 Å². The molecule has 0 bridgehead atoms. The Bertz CT molecular complexity index is 203. The van der Waals surface area contributed by atoms with Crippen LogP contribution in [0, 0.1) is 0 Å². The highest BCUT2D eigenvalue weighted by Crippen LogP contribution is 2.05. The van der Waals surface area contributed by atoms with Gasteiger partial charge < -0.3 is 17.5 Å². The lowest BCUT2D eigenvalue weighted by Gasteiger charge is -2.23. The zero-order valence-corrected chi connectivity index (χ0v) is 8.17. The number of nitrogens with two attached hydrogens (primary N) is 1. The summed E-state index contributed by atoms with van der Waals surface area (Å²) in [5, 5.41) is 10.8. The van der Waals surface area contributed by atoms with Gasteiger partial charge in [-0.25, -0.2) is 15.7 Å². The molecule has 7 heteroatoms. The second-order valence-electron chi connectivity index (χ2n) is 2.97. The molecule has 1 aliphatic heterocycles. The highest BCUT2D eigenvalue weighted by Gasteiger charge is 2.34. The Morgan fingerprint density at radius 3 is 2.92 bits per heavy atom. The zero-order valence-electron chi connectivity index (χ0n) is 7.36. The van der Waals surface area contributed by atoms with Gasteiger partial charge >= 0.3 is 0 Å². The van der Waals surface area contributed by atoms with Gasteiger partial charge in [-0.3, -0.25) is 0 Å². The van der Waals surface area contributed by atoms with Crippen LogP contribution in [0.2, 0.25) is 0 Å². The average Bonchev–Trinajstić information content (AvgIpc) is 2.32. The van der Waals surface area contributed by atoms with Gasteiger partial charge in [0.15, 0.2) is 6.17 Å². The van der Waals surface area contributed by atoms with Crippen molar-refractivity contribution >= 4 is 12.6 Å². The van der Waals surface area contributed by atoms with Gasteiger partial charge in [-0.2, -0.15) is 10.9 Å². The van der Waals surface area contributed by atoms with Crippen molar-refractivity contribution in [1.29, 1.82) is 0 Å². The maximum Gasteiger partial charge on any atom is 0.180 e. The summed E-state index contributed by atoms with van der Waals surface area (Å²) in [7, 11) is 1.83. The predicted octanol–water partition coefficient (Wildman–Crippen LogP) is -2.25. The van der Waals surface area contributed by atoms with Gasteiger partial charge in [-0.15, -0.1) is 0 Å². The first kappa shape index (κ1) is 10.8. The van der Waals surface area contributed by atoms with E-state index < -0.39 is 0 Å². The molecule has 3 atom stereocenters. The summed E-state index contributed by atoms with van der Waals surface area (Å²) >= 11 is 5.02. The number of nitrogens with zero attached hydrogens (tertiary/aromatic N) is 1. The second kappa shape index (κ2) is 4.27. The Kier molecular flexibility index (Phi) is 3.54. The quantitative estimate of drug-likeness (QED) is 0.137. The fourth-order valence-corrected chi connectivity index (χ4v) is 1.58. The standard InChI is InChI=1S/C6H14N4O2S/c1-4(12-11)3-5-9(2)8-6(13)10(5)7/h5-6,8,11,13H,1,3,7H2,2H3. The molecule has 0 saturated carbocycles. The minimum Gasteiger partial charge on any atom is -0.707 e. The van der Waals surface area contributed by atoms with Crippen molar-refractivity contribution < 1.29 is 15.2 Å². The summed E-state index contributed by atoms with van der Waals surface area (Å²) in [6.45, 7) is 3.50. The van der Waals surface area contributed by atoms with E-state index in [1.165, 1.54) is 0 Å². The van der Waals surface area contributed by atoms with E-state index in [1.807, 2.05) is 7.05 Å². The first-order chi connectivity index (χ1) is 6.06. The van der Waals surface area contributed by atoms with E-state index in [0.717, 1.165) is 0 Å². The van der Waals surface area contributed by atoms with Crippen LogP contribution in [0.25, 0.3) is 0 Å². The molecule has 0 radical (unpaired) electrons. The number of hydrazine groups is 1. The molecule has 0 amide bonds. The third kappa shape index (κ3) is 2.33. The van der Waals surface area contributed by atoms with Crippen molar-refractivity contribution in [3.63, 3.8) is 0 Å². The smallest absolute Gasteiger partial charge is 0.180 e. The minimum absolute atomic E-state index is 0.0675. The number of rotatable bonds is 3. The van der Waals surface area contributed by atoms with E-state index in [1.54, 1.807) is 5.01 Å². The molecule has 0 spiro atoms. The molecule has 0 aromatic rings. The van der Waals surface area contributed by atoms with Gasteiger partial charge in [0.2, 0.25) is 0 Å². The molecule has 1 aliphatic rings. The number of hydrogen-bond acceptors (Lipinski definition) is 6. The maximum absolute atomic E-state index is 8.32. The van der Waals surface area contributed by atoms with Crippen LogP contribution in [0.3, 0.4) is 0 Å². The third-order valence-electron chi connectivity index (χ3n) is 2.03. The van der Waals surface area contributed by atoms with E-state index in [4.69, 9.17) is 23.7 Å². The molecule has 1 saturated heterocycles. The fourth-order valence-electron chi connectivity index (χ4n) is 1.26. The van der Waals surface area contributed by atoms with Crippen LogP contribution >= 0.6 is 0 Å². The van der Waals surface area contributed by atoms with Gasteiger partial charge in [0.25, 0.3) is 0 Å². The van der Waals surface area contributed by atoms with E-state index in [9.17, 15) is 0 Å². The van der Waals surface area contributed by atoms with E-state index in [0.29, 0.717) is 11.4 Å². The van der Waals surface area contributed by atoms with Crippen LogP contribution in [-0.2, 0) is 17.5 Å². The van der Waals surface area contributed by atoms with Crippen molar-refractivity contribution in [2.75, 3.05) is 7.05 Å². The largest absolute Gasteiger partial charge is 0.707 e. The van der Waals surface area contributed by atoms with Gasteiger partial charge in [0.1, 0.15) is 5.76 Å². The van der Waals surface area contributed by atoms with Crippen molar-refractivity contribution in [2.24, 2.45) is 5.84 Å².